The van der Waals surface area contributed by atoms with Gasteiger partial charge in [-0.25, -0.2) is 0 Å². The third-order valence-corrected chi connectivity index (χ3v) is 4.64. The van der Waals surface area contributed by atoms with Crippen molar-refractivity contribution in [2.45, 2.75) is 51.6 Å². The van der Waals surface area contributed by atoms with E-state index in [0.29, 0.717) is 24.9 Å². The molecule has 1 fully saturated rings. The van der Waals surface area contributed by atoms with Crippen molar-refractivity contribution in [3.63, 3.8) is 0 Å². The van der Waals surface area contributed by atoms with E-state index in [-0.39, 0.29) is 5.92 Å². The van der Waals surface area contributed by atoms with Gasteiger partial charge in [-0.3, -0.25) is 4.79 Å². The average Bonchev–Trinajstić information content (AvgIpc) is 3.03. The molecule has 2 unspecified atom stereocenters. The molecule has 0 spiro atoms. The van der Waals surface area contributed by atoms with Crippen LogP contribution in [0.3, 0.4) is 0 Å². The maximum absolute atomic E-state index is 11.2. The van der Waals surface area contributed by atoms with Crippen LogP contribution in [0.15, 0.2) is 0 Å². The van der Waals surface area contributed by atoms with Gasteiger partial charge >= 0.3 is 5.97 Å². The number of hydrogen-bond acceptors (Lipinski definition) is 4. The Bertz CT molecular complexity index is 511. The summed E-state index contributed by atoms with van der Waals surface area (Å²) >= 11 is 0. The van der Waals surface area contributed by atoms with Gasteiger partial charge in [0.2, 0.25) is 0 Å². The Morgan fingerprint density at radius 1 is 1.30 bits per heavy atom. The van der Waals surface area contributed by atoms with Gasteiger partial charge < -0.3 is 14.6 Å². The van der Waals surface area contributed by atoms with Crippen LogP contribution in [0.1, 0.15) is 44.3 Å². The van der Waals surface area contributed by atoms with Crippen LogP contribution in [-0.2, 0) is 17.8 Å². The summed E-state index contributed by atoms with van der Waals surface area (Å²) < 4.78 is 2.07. The summed E-state index contributed by atoms with van der Waals surface area (Å²) in [5, 5.41) is 17.8. The highest BCUT2D eigenvalue weighted by Gasteiger charge is 2.33. The molecular weight excluding hydrogens is 256 g/mol. The fourth-order valence-electron chi connectivity index (χ4n) is 3.32. The van der Waals surface area contributed by atoms with Crippen LogP contribution >= 0.6 is 0 Å². The predicted molar refractivity (Wildman–Crippen MR) is 73.5 cm³/mol. The number of aromatic nitrogens is 3. The minimum atomic E-state index is -0.703. The van der Waals surface area contributed by atoms with Crippen molar-refractivity contribution in [2.24, 2.45) is 5.92 Å². The summed E-state index contributed by atoms with van der Waals surface area (Å²) in [7, 11) is 0. The molecule has 0 amide bonds. The van der Waals surface area contributed by atoms with Crippen LogP contribution in [-0.4, -0.2) is 49.9 Å². The van der Waals surface area contributed by atoms with Gasteiger partial charge in [-0.2, -0.15) is 0 Å². The molecule has 1 aromatic heterocycles. The summed E-state index contributed by atoms with van der Waals surface area (Å²) in [6.07, 6.45) is 2.49. The number of rotatable bonds is 3. The lowest BCUT2D eigenvalue weighted by Crippen LogP contribution is -2.30. The predicted octanol–water partition coefficient (Wildman–Crippen LogP) is 1.12. The Hall–Kier alpha value is -1.43. The zero-order valence-electron chi connectivity index (χ0n) is 12.1. The molecule has 6 heteroatoms. The maximum atomic E-state index is 11.2. The molecule has 2 atom stereocenters. The first kappa shape index (κ1) is 13.5. The maximum Gasteiger partial charge on any atom is 0.308 e. The SMILES string of the molecule is CC(C)N1CCC(c2nnc3n2CC(C(=O)O)CC3)C1. The Morgan fingerprint density at radius 3 is 2.75 bits per heavy atom. The van der Waals surface area contributed by atoms with Gasteiger partial charge in [0, 0.05) is 31.5 Å². The van der Waals surface area contributed by atoms with Crippen LogP contribution < -0.4 is 0 Å². The highest BCUT2D eigenvalue weighted by atomic mass is 16.4. The number of aliphatic carboxylic acids is 1. The molecule has 0 radical (unpaired) electrons. The van der Waals surface area contributed by atoms with Crippen molar-refractivity contribution < 1.29 is 9.90 Å². The van der Waals surface area contributed by atoms with Crippen molar-refractivity contribution in [1.29, 1.82) is 0 Å². The molecule has 3 heterocycles. The number of carbonyl (C=O) groups is 1. The van der Waals surface area contributed by atoms with Crippen LogP contribution in [0, 0.1) is 5.92 Å². The Balaban J connectivity index is 1.79. The molecule has 2 aliphatic rings. The summed E-state index contributed by atoms with van der Waals surface area (Å²) in [5.74, 6) is 1.35. The van der Waals surface area contributed by atoms with Crippen LogP contribution in [0.2, 0.25) is 0 Å². The van der Waals surface area contributed by atoms with Crippen LogP contribution in [0.4, 0.5) is 0 Å². The molecule has 1 N–H and O–H groups in total. The number of hydrogen-bond donors (Lipinski definition) is 1. The molecule has 1 saturated heterocycles. The molecule has 0 aromatic carbocycles. The van der Waals surface area contributed by atoms with E-state index in [1.807, 2.05) is 0 Å². The van der Waals surface area contributed by atoms with Crippen molar-refractivity contribution >= 4 is 5.97 Å². The van der Waals surface area contributed by atoms with Crippen LogP contribution in [0.25, 0.3) is 0 Å². The molecule has 20 heavy (non-hydrogen) atoms. The zero-order valence-corrected chi connectivity index (χ0v) is 12.1. The largest absolute Gasteiger partial charge is 0.481 e. The second-order valence-electron chi connectivity index (χ2n) is 6.23. The monoisotopic (exact) mass is 278 g/mol. The van der Waals surface area contributed by atoms with Crippen molar-refractivity contribution in [3.8, 4) is 0 Å². The molecule has 0 bridgehead atoms. The zero-order chi connectivity index (χ0) is 14.3. The minimum absolute atomic E-state index is 0.292. The number of nitrogens with zero attached hydrogens (tertiary/aromatic N) is 4. The van der Waals surface area contributed by atoms with Gasteiger partial charge in [0.05, 0.1) is 5.92 Å². The van der Waals surface area contributed by atoms with E-state index in [1.165, 1.54) is 0 Å². The molecular formula is C14H22N4O2. The quantitative estimate of drug-likeness (QED) is 0.897. The van der Waals surface area contributed by atoms with Gasteiger partial charge in [0.15, 0.2) is 0 Å². The first-order valence-electron chi connectivity index (χ1n) is 7.45. The van der Waals surface area contributed by atoms with Gasteiger partial charge in [-0.1, -0.05) is 0 Å². The van der Waals surface area contributed by atoms with Crippen molar-refractivity contribution in [2.75, 3.05) is 13.1 Å². The van der Waals surface area contributed by atoms with Gasteiger partial charge in [0.25, 0.3) is 0 Å². The summed E-state index contributed by atoms with van der Waals surface area (Å²) in [5.41, 5.74) is 0. The Morgan fingerprint density at radius 2 is 2.10 bits per heavy atom. The van der Waals surface area contributed by atoms with E-state index in [1.54, 1.807) is 0 Å². The number of carboxylic acids is 1. The molecule has 6 nitrogen and oxygen atoms in total. The number of fused-ring (bicyclic) bond motifs is 1. The molecule has 110 valence electrons. The second-order valence-corrected chi connectivity index (χ2v) is 6.23. The molecule has 0 aliphatic carbocycles. The third-order valence-electron chi connectivity index (χ3n) is 4.64. The highest BCUT2D eigenvalue weighted by molar-refractivity contribution is 5.70. The molecule has 3 rings (SSSR count). The smallest absolute Gasteiger partial charge is 0.308 e. The van der Waals surface area contributed by atoms with Crippen molar-refractivity contribution in [1.82, 2.24) is 19.7 Å². The first-order chi connectivity index (χ1) is 9.56. The van der Waals surface area contributed by atoms with E-state index < -0.39 is 5.97 Å². The van der Waals surface area contributed by atoms with E-state index in [9.17, 15) is 9.90 Å². The summed E-state index contributed by atoms with van der Waals surface area (Å²) in [4.78, 5) is 13.6. The van der Waals surface area contributed by atoms with E-state index in [4.69, 9.17) is 0 Å². The van der Waals surface area contributed by atoms with Gasteiger partial charge in [-0.05, 0) is 33.2 Å². The second kappa shape index (κ2) is 5.16. The molecule has 1 aromatic rings. The average molecular weight is 278 g/mol. The Kier molecular flexibility index (Phi) is 3.50. The minimum Gasteiger partial charge on any atom is -0.481 e. The van der Waals surface area contributed by atoms with Crippen molar-refractivity contribution in [3.05, 3.63) is 11.6 Å². The number of aryl methyl sites for hydroxylation is 1. The van der Waals surface area contributed by atoms with Crippen LogP contribution in [0.5, 0.6) is 0 Å². The fraction of sp³-hybridized carbons (Fsp3) is 0.786. The number of likely N-dealkylation sites (tertiary alicyclic amines) is 1. The summed E-state index contributed by atoms with van der Waals surface area (Å²) in [6.45, 7) is 7.05. The summed E-state index contributed by atoms with van der Waals surface area (Å²) in [6, 6.07) is 0.551. The molecule has 2 aliphatic heterocycles. The lowest BCUT2D eigenvalue weighted by atomic mass is 9.98. The van der Waals surface area contributed by atoms with Gasteiger partial charge in [-0.15, -0.1) is 10.2 Å². The lowest BCUT2D eigenvalue weighted by Gasteiger charge is -2.23. The first-order valence-corrected chi connectivity index (χ1v) is 7.45. The fourth-order valence-corrected chi connectivity index (χ4v) is 3.32. The van der Waals surface area contributed by atoms with E-state index in [0.717, 1.165) is 37.6 Å². The topological polar surface area (TPSA) is 71.2 Å². The lowest BCUT2D eigenvalue weighted by molar-refractivity contribution is -0.142. The highest BCUT2D eigenvalue weighted by Crippen LogP contribution is 2.30. The normalized spacial score (nSPS) is 26.9. The Labute approximate surface area is 118 Å². The third kappa shape index (κ3) is 2.32. The number of carboxylic acid groups (broad SMARTS) is 1. The van der Waals surface area contributed by atoms with E-state index in [2.05, 4.69) is 33.5 Å². The van der Waals surface area contributed by atoms with Gasteiger partial charge in [0.1, 0.15) is 11.6 Å². The standard InChI is InChI=1S/C14H22N4O2/c1-9(2)17-6-5-10(7-17)13-16-15-12-4-3-11(14(19)20)8-18(12)13/h9-11H,3-8H2,1-2H3,(H,19,20). The molecule has 0 saturated carbocycles. The van der Waals surface area contributed by atoms with E-state index >= 15 is 0 Å².